The Morgan fingerprint density at radius 2 is 2.24 bits per heavy atom. The summed E-state index contributed by atoms with van der Waals surface area (Å²) in [7, 11) is 0. The standard InChI is InChI=1S/C17H22N4O4/c1-13-4-2-3-5-16(13)17-12-19(6-7-25-17)10-15(22)11-20-9-14(8-18-20)21(23)24/h2-5,8-9,15,17,22H,6-7,10-12H2,1H3. The Kier molecular flexibility index (Phi) is 5.42. The zero-order valence-electron chi connectivity index (χ0n) is 14.1. The van der Waals surface area contributed by atoms with E-state index in [-0.39, 0.29) is 18.3 Å². The van der Waals surface area contributed by atoms with Crippen molar-refractivity contribution in [2.45, 2.75) is 25.7 Å². The van der Waals surface area contributed by atoms with Gasteiger partial charge in [0.1, 0.15) is 12.4 Å². The average molecular weight is 346 g/mol. The van der Waals surface area contributed by atoms with Gasteiger partial charge in [-0.25, -0.2) is 0 Å². The first-order chi connectivity index (χ1) is 12.0. The maximum absolute atomic E-state index is 10.7. The summed E-state index contributed by atoms with van der Waals surface area (Å²) in [6.07, 6.45) is 1.86. The first kappa shape index (κ1) is 17.5. The Bertz CT molecular complexity index is 733. The Morgan fingerprint density at radius 3 is 2.96 bits per heavy atom. The number of aliphatic hydroxyl groups excluding tert-OH is 1. The van der Waals surface area contributed by atoms with Crippen LogP contribution < -0.4 is 0 Å². The first-order valence-electron chi connectivity index (χ1n) is 8.27. The Hall–Kier alpha value is -2.29. The molecule has 2 atom stereocenters. The van der Waals surface area contributed by atoms with Crippen molar-refractivity contribution in [1.82, 2.24) is 14.7 Å². The van der Waals surface area contributed by atoms with Crippen molar-refractivity contribution in [2.75, 3.05) is 26.2 Å². The molecule has 0 bridgehead atoms. The van der Waals surface area contributed by atoms with Crippen molar-refractivity contribution in [1.29, 1.82) is 0 Å². The van der Waals surface area contributed by atoms with E-state index in [1.165, 1.54) is 28.2 Å². The highest BCUT2D eigenvalue weighted by Gasteiger charge is 2.24. The number of nitrogens with zero attached hydrogens (tertiary/aromatic N) is 4. The summed E-state index contributed by atoms with van der Waals surface area (Å²) in [6.45, 7) is 4.83. The van der Waals surface area contributed by atoms with Gasteiger partial charge in [0.15, 0.2) is 0 Å². The molecular weight excluding hydrogens is 324 g/mol. The minimum Gasteiger partial charge on any atom is -0.390 e. The summed E-state index contributed by atoms with van der Waals surface area (Å²) in [5.74, 6) is 0. The molecule has 8 nitrogen and oxygen atoms in total. The molecule has 1 N–H and O–H groups in total. The quantitative estimate of drug-likeness (QED) is 0.630. The second-order valence-electron chi connectivity index (χ2n) is 6.31. The predicted molar refractivity (Wildman–Crippen MR) is 91.2 cm³/mol. The molecule has 2 heterocycles. The molecule has 0 radical (unpaired) electrons. The summed E-state index contributed by atoms with van der Waals surface area (Å²) in [5, 5.41) is 24.9. The highest BCUT2D eigenvalue weighted by molar-refractivity contribution is 5.28. The van der Waals surface area contributed by atoms with Gasteiger partial charge in [-0.3, -0.25) is 19.7 Å². The lowest BCUT2D eigenvalue weighted by atomic mass is 10.0. The molecule has 0 spiro atoms. The molecule has 2 aromatic rings. The molecule has 1 aliphatic heterocycles. The van der Waals surface area contributed by atoms with Crippen molar-refractivity contribution < 1.29 is 14.8 Å². The third kappa shape index (κ3) is 4.41. The number of hydrogen-bond donors (Lipinski definition) is 1. The molecule has 1 aromatic carbocycles. The fraction of sp³-hybridized carbons (Fsp3) is 0.471. The van der Waals surface area contributed by atoms with Crippen molar-refractivity contribution >= 4 is 5.69 Å². The van der Waals surface area contributed by atoms with Crippen LogP contribution in [0.3, 0.4) is 0 Å². The summed E-state index contributed by atoms with van der Waals surface area (Å²) >= 11 is 0. The maximum atomic E-state index is 10.7. The Balaban J connectivity index is 1.56. The monoisotopic (exact) mass is 346 g/mol. The van der Waals surface area contributed by atoms with Crippen molar-refractivity contribution in [3.05, 3.63) is 57.9 Å². The molecule has 0 amide bonds. The number of aryl methyl sites for hydroxylation is 1. The molecule has 25 heavy (non-hydrogen) atoms. The lowest BCUT2D eigenvalue weighted by molar-refractivity contribution is -0.385. The number of hydrogen-bond acceptors (Lipinski definition) is 6. The number of ether oxygens (including phenoxy) is 1. The maximum Gasteiger partial charge on any atom is 0.306 e. The van der Waals surface area contributed by atoms with E-state index in [1.807, 2.05) is 12.1 Å². The van der Waals surface area contributed by atoms with Crippen LogP contribution in [0.1, 0.15) is 17.2 Å². The second kappa shape index (κ2) is 7.73. The summed E-state index contributed by atoms with van der Waals surface area (Å²) in [6, 6.07) is 8.15. The summed E-state index contributed by atoms with van der Waals surface area (Å²) in [5.41, 5.74) is 2.29. The first-order valence-corrected chi connectivity index (χ1v) is 8.27. The minimum absolute atomic E-state index is 0.00654. The van der Waals surface area contributed by atoms with Crippen molar-refractivity contribution in [3.8, 4) is 0 Å². The van der Waals surface area contributed by atoms with E-state index >= 15 is 0 Å². The minimum atomic E-state index is -0.657. The largest absolute Gasteiger partial charge is 0.390 e. The summed E-state index contributed by atoms with van der Waals surface area (Å²) < 4.78 is 7.29. The van der Waals surface area contributed by atoms with Crippen LogP contribution in [0.25, 0.3) is 0 Å². The van der Waals surface area contributed by atoms with E-state index in [4.69, 9.17) is 4.74 Å². The zero-order valence-corrected chi connectivity index (χ0v) is 14.1. The van der Waals surface area contributed by atoms with Crippen molar-refractivity contribution in [2.24, 2.45) is 0 Å². The zero-order chi connectivity index (χ0) is 17.8. The van der Waals surface area contributed by atoms with Crippen molar-refractivity contribution in [3.63, 3.8) is 0 Å². The molecule has 1 aliphatic rings. The number of benzene rings is 1. The number of nitro groups is 1. The Labute approximate surface area is 145 Å². The number of aliphatic hydroxyl groups is 1. The van der Waals surface area contributed by atoms with Gasteiger partial charge in [0, 0.05) is 19.6 Å². The molecule has 134 valence electrons. The van der Waals surface area contributed by atoms with Gasteiger partial charge < -0.3 is 9.84 Å². The van der Waals surface area contributed by atoms with Gasteiger partial charge in [-0.1, -0.05) is 24.3 Å². The van der Waals surface area contributed by atoms with Gasteiger partial charge >= 0.3 is 5.69 Å². The van der Waals surface area contributed by atoms with Crippen LogP contribution in [-0.2, 0) is 11.3 Å². The van der Waals surface area contributed by atoms with Gasteiger partial charge in [0.2, 0.25) is 0 Å². The lowest BCUT2D eigenvalue weighted by Gasteiger charge is -2.34. The van der Waals surface area contributed by atoms with Crippen LogP contribution >= 0.6 is 0 Å². The molecule has 0 aliphatic carbocycles. The smallest absolute Gasteiger partial charge is 0.306 e. The molecule has 1 saturated heterocycles. The number of aromatic nitrogens is 2. The van der Waals surface area contributed by atoms with Gasteiger partial charge in [-0.15, -0.1) is 0 Å². The predicted octanol–water partition coefficient (Wildman–Crippen LogP) is 1.53. The van der Waals surface area contributed by atoms with Crippen LogP contribution in [0.4, 0.5) is 5.69 Å². The normalized spacial score (nSPS) is 19.7. The topological polar surface area (TPSA) is 93.7 Å². The summed E-state index contributed by atoms with van der Waals surface area (Å²) in [4.78, 5) is 12.3. The van der Waals surface area contributed by atoms with Gasteiger partial charge in [0.25, 0.3) is 0 Å². The van der Waals surface area contributed by atoms with Gasteiger partial charge in [-0.2, -0.15) is 5.10 Å². The molecule has 1 aromatic heterocycles. The van der Waals surface area contributed by atoms with E-state index in [9.17, 15) is 15.2 Å². The van der Waals surface area contributed by atoms with E-state index in [1.54, 1.807) is 0 Å². The van der Waals surface area contributed by atoms with E-state index in [2.05, 4.69) is 29.1 Å². The number of β-amino-alcohol motifs (C(OH)–C–C–N with tert-alkyl or cyclic N) is 1. The van der Waals surface area contributed by atoms with Crippen LogP contribution in [0.5, 0.6) is 0 Å². The molecular formula is C17H22N4O4. The molecule has 0 saturated carbocycles. The van der Waals surface area contributed by atoms with Crippen LogP contribution in [0, 0.1) is 17.0 Å². The average Bonchev–Trinajstić information content (AvgIpc) is 3.04. The van der Waals surface area contributed by atoms with E-state index in [0.29, 0.717) is 19.7 Å². The SMILES string of the molecule is Cc1ccccc1C1CN(CC(O)Cn2cc([N+](=O)[O-])cn2)CCO1. The third-order valence-electron chi connectivity index (χ3n) is 4.38. The third-order valence-corrected chi connectivity index (χ3v) is 4.38. The van der Waals surface area contributed by atoms with Gasteiger partial charge in [-0.05, 0) is 18.1 Å². The fourth-order valence-corrected chi connectivity index (χ4v) is 3.12. The molecule has 3 rings (SSSR count). The molecule has 2 unspecified atom stereocenters. The number of rotatable bonds is 6. The fourth-order valence-electron chi connectivity index (χ4n) is 3.12. The molecule has 1 fully saturated rings. The highest BCUT2D eigenvalue weighted by atomic mass is 16.6. The Morgan fingerprint density at radius 1 is 1.44 bits per heavy atom. The highest BCUT2D eigenvalue weighted by Crippen LogP contribution is 2.25. The van der Waals surface area contributed by atoms with Crippen LogP contribution in [0.15, 0.2) is 36.7 Å². The molecule has 8 heteroatoms. The number of morpholine rings is 1. The van der Waals surface area contributed by atoms with E-state index < -0.39 is 11.0 Å². The lowest BCUT2D eigenvalue weighted by Crippen LogP contribution is -2.43. The van der Waals surface area contributed by atoms with Crippen LogP contribution in [0.2, 0.25) is 0 Å². The van der Waals surface area contributed by atoms with Gasteiger partial charge in [0.05, 0.1) is 30.3 Å². The van der Waals surface area contributed by atoms with E-state index in [0.717, 1.165) is 6.54 Å². The van der Waals surface area contributed by atoms with Crippen LogP contribution in [-0.4, -0.2) is 57.1 Å². The second-order valence-corrected chi connectivity index (χ2v) is 6.31.